The van der Waals surface area contributed by atoms with E-state index in [4.69, 9.17) is 5.11 Å². The molecule has 0 spiro atoms. The van der Waals surface area contributed by atoms with Gasteiger partial charge in [0.25, 0.3) is 0 Å². The Bertz CT molecular complexity index is 37.9. The van der Waals surface area contributed by atoms with Gasteiger partial charge in [-0.05, 0) is 6.92 Å². The Labute approximate surface area is 42.9 Å². The fraction of sp³-hybridized carbons (Fsp3) is 1.00. The summed E-state index contributed by atoms with van der Waals surface area (Å²) in [6.07, 6.45) is -0.301. The van der Waals surface area contributed by atoms with Crippen LogP contribution in [0.25, 0.3) is 0 Å². The van der Waals surface area contributed by atoms with Crippen molar-refractivity contribution in [2.75, 3.05) is 13.9 Å². The molecule has 0 aromatic rings. The molecule has 0 rings (SSSR count). The zero-order chi connectivity index (χ0) is 5.70. The van der Waals surface area contributed by atoms with Crippen LogP contribution in [0.5, 0.6) is 0 Å². The number of hydrogen-bond acceptors (Lipinski definition) is 3. The average molecular weight is 106 g/mol. The quantitative estimate of drug-likeness (QED) is 0.512. The van der Waals surface area contributed by atoms with Gasteiger partial charge in [-0.3, -0.25) is 0 Å². The highest BCUT2D eigenvalue weighted by Gasteiger charge is 1.92. The molecule has 0 saturated carbocycles. The lowest BCUT2D eigenvalue weighted by molar-refractivity contribution is -0.156. The Kier molecular flexibility index (Phi) is 3.98. The Morgan fingerprint density at radius 2 is 2.29 bits per heavy atom. The number of aliphatic hydroxyl groups is 1. The molecule has 1 N–H and O–H groups in total. The van der Waals surface area contributed by atoms with Gasteiger partial charge < -0.3 is 14.6 Å². The molecule has 0 aromatic heterocycles. The molecule has 7 heavy (non-hydrogen) atoms. The van der Waals surface area contributed by atoms with Gasteiger partial charge in [0.15, 0.2) is 6.29 Å². The maximum atomic E-state index is 8.07. The van der Waals surface area contributed by atoms with E-state index in [1.807, 2.05) is 0 Å². The highest BCUT2D eigenvalue weighted by molar-refractivity contribution is 4.19. The van der Waals surface area contributed by atoms with Crippen molar-refractivity contribution in [2.24, 2.45) is 0 Å². The van der Waals surface area contributed by atoms with E-state index < -0.39 is 0 Å². The third-order valence-corrected chi connectivity index (χ3v) is 0.641. The second kappa shape index (κ2) is 4.05. The summed E-state index contributed by atoms with van der Waals surface area (Å²) in [4.78, 5) is 0. The fourth-order valence-electron chi connectivity index (χ4n) is 0.173. The van der Waals surface area contributed by atoms with Crippen molar-refractivity contribution in [2.45, 2.75) is 13.2 Å². The summed E-state index contributed by atoms with van der Waals surface area (Å²) >= 11 is 0. The van der Waals surface area contributed by atoms with Gasteiger partial charge in [0.1, 0.15) is 6.79 Å². The van der Waals surface area contributed by atoms with E-state index in [1.165, 1.54) is 7.11 Å². The molecule has 0 amide bonds. The lowest BCUT2D eigenvalue weighted by Crippen LogP contribution is -2.10. The van der Waals surface area contributed by atoms with Gasteiger partial charge in [-0.1, -0.05) is 0 Å². The molecule has 0 aliphatic rings. The monoisotopic (exact) mass is 106 g/mol. The van der Waals surface area contributed by atoms with Crippen molar-refractivity contribution in [1.29, 1.82) is 0 Å². The summed E-state index contributed by atoms with van der Waals surface area (Å²) in [7, 11) is 1.51. The third-order valence-electron chi connectivity index (χ3n) is 0.641. The Morgan fingerprint density at radius 1 is 1.71 bits per heavy atom. The number of ether oxygens (including phenoxy) is 2. The molecule has 44 valence electrons. The molecule has 0 radical (unpaired) electrons. The van der Waals surface area contributed by atoms with E-state index in [1.54, 1.807) is 6.92 Å². The van der Waals surface area contributed by atoms with E-state index in [2.05, 4.69) is 9.47 Å². The van der Waals surface area contributed by atoms with Crippen molar-refractivity contribution in [3.8, 4) is 0 Å². The fourth-order valence-corrected chi connectivity index (χ4v) is 0.173. The van der Waals surface area contributed by atoms with Crippen molar-refractivity contribution >= 4 is 0 Å². The van der Waals surface area contributed by atoms with Crippen LogP contribution < -0.4 is 0 Å². The maximum Gasteiger partial charge on any atom is 0.157 e. The summed E-state index contributed by atoms with van der Waals surface area (Å²) in [5, 5.41) is 8.07. The van der Waals surface area contributed by atoms with Crippen LogP contribution in [0.2, 0.25) is 0 Å². The Hall–Kier alpha value is -0.120. The lowest BCUT2D eigenvalue weighted by atomic mass is 10.8. The summed E-state index contributed by atoms with van der Waals surface area (Å²) in [6, 6.07) is 0. The molecule has 3 nitrogen and oxygen atoms in total. The van der Waals surface area contributed by atoms with Crippen LogP contribution >= 0.6 is 0 Å². The van der Waals surface area contributed by atoms with Gasteiger partial charge in [-0.15, -0.1) is 0 Å². The molecule has 0 bridgehead atoms. The summed E-state index contributed by atoms with van der Waals surface area (Å²) in [5.41, 5.74) is 0. The molecule has 1 unspecified atom stereocenters. The van der Waals surface area contributed by atoms with Gasteiger partial charge in [0.2, 0.25) is 0 Å². The first-order chi connectivity index (χ1) is 3.31. The largest absolute Gasteiger partial charge is 0.371 e. The molecular formula is C4H10O3. The standard InChI is InChI=1S/C4H10O3/c1-4(6-2)7-3-5/h4-5H,3H2,1-2H3. The topological polar surface area (TPSA) is 38.7 Å². The average Bonchev–Trinajstić information content (AvgIpc) is 1.68. The smallest absolute Gasteiger partial charge is 0.157 e. The molecule has 0 fully saturated rings. The van der Waals surface area contributed by atoms with Gasteiger partial charge in [-0.2, -0.15) is 0 Å². The van der Waals surface area contributed by atoms with Gasteiger partial charge >= 0.3 is 0 Å². The van der Waals surface area contributed by atoms with Crippen LogP contribution in [0.15, 0.2) is 0 Å². The predicted molar refractivity (Wildman–Crippen MR) is 24.6 cm³/mol. The van der Waals surface area contributed by atoms with Crippen molar-refractivity contribution in [3.05, 3.63) is 0 Å². The first kappa shape index (κ1) is 6.88. The third kappa shape index (κ3) is 3.72. The van der Waals surface area contributed by atoms with E-state index in [-0.39, 0.29) is 13.1 Å². The molecule has 0 aromatic carbocycles. The van der Waals surface area contributed by atoms with E-state index >= 15 is 0 Å². The van der Waals surface area contributed by atoms with E-state index in [9.17, 15) is 0 Å². The second-order valence-electron chi connectivity index (χ2n) is 1.10. The van der Waals surface area contributed by atoms with Gasteiger partial charge in [-0.25, -0.2) is 0 Å². The van der Waals surface area contributed by atoms with Crippen molar-refractivity contribution in [3.63, 3.8) is 0 Å². The molecule has 0 aliphatic heterocycles. The van der Waals surface area contributed by atoms with Crippen LogP contribution in [-0.4, -0.2) is 25.3 Å². The molecular weight excluding hydrogens is 96.0 g/mol. The summed E-state index contributed by atoms with van der Waals surface area (Å²) < 4.78 is 9.13. The van der Waals surface area contributed by atoms with E-state index in [0.29, 0.717) is 0 Å². The second-order valence-corrected chi connectivity index (χ2v) is 1.10. The van der Waals surface area contributed by atoms with Crippen LogP contribution in [0.4, 0.5) is 0 Å². The summed E-state index contributed by atoms with van der Waals surface area (Å²) in [5.74, 6) is 0. The first-order valence-electron chi connectivity index (χ1n) is 2.06. The Balaban J connectivity index is 2.83. The maximum absolute atomic E-state index is 8.07. The molecule has 3 heteroatoms. The Morgan fingerprint density at radius 3 is 2.43 bits per heavy atom. The SMILES string of the molecule is COC(C)OCO. The van der Waals surface area contributed by atoms with Crippen LogP contribution in [0.1, 0.15) is 6.92 Å². The molecule has 1 atom stereocenters. The normalized spacial score (nSPS) is 14.1. The number of aliphatic hydroxyl groups excluding tert-OH is 1. The number of methoxy groups -OCH3 is 1. The van der Waals surface area contributed by atoms with Gasteiger partial charge in [0.05, 0.1) is 0 Å². The number of rotatable bonds is 3. The highest BCUT2D eigenvalue weighted by atomic mass is 16.7. The summed E-state index contributed by atoms with van der Waals surface area (Å²) in [6.45, 7) is 1.42. The predicted octanol–water partition coefficient (Wildman–Crippen LogP) is -0.0548. The van der Waals surface area contributed by atoms with Crippen molar-refractivity contribution < 1.29 is 14.6 Å². The number of hydrogen-bond donors (Lipinski definition) is 1. The molecule has 0 aliphatic carbocycles. The van der Waals surface area contributed by atoms with Crippen LogP contribution in [-0.2, 0) is 9.47 Å². The van der Waals surface area contributed by atoms with E-state index in [0.717, 1.165) is 0 Å². The minimum atomic E-state index is -0.301. The van der Waals surface area contributed by atoms with Crippen LogP contribution in [0, 0.1) is 0 Å². The van der Waals surface area contributed by atoms with Crippen LogP contribution in [0.3, 0.4) is 0 Å². The molecule has 0 heterocycles. The molecule has 0 saturated heterocycles. The zero-order valence-electron chi connectivity index (χ0n) is 4.55. The minimum absolute atomic E-state index is 0.283. The van der Waals surface area contributed by atoms with Crippen molar-refractivity contribution in [1.82, 2.24) is 0 Å². The zero-order valence-corrected chi connectivity index (χ0v) is 4.55. The van der Waals surface area contributed by atoms with Gasteiger partial charge in [0, 0.05) is 7.11 Å². The highest BCUT2D eigenvalue weighted by Crippen LogP contribution is 1.86. The minimum Gasteiger partial charge on any atom is -0.371 e. The lowest BCUT2D eigenvalue weighted by Gasteiger charge is -2.05. The first-order valence-corrected chi connectivity index (χ1v) is 2.06.